The van der Waals surface area contributed by atoms with Crippen LogP contribution in [0.3, 0.4) is 0 Å². The third-order valence-corrected chi connectivity index (χ3v) is 5.18. The number of aryl methyl sites for hydroxylation is 1. The number of hydrogen-bond acceptors (Lipinski definition) is 0. The Labute approximate surface area is 141 Å². The lowest BCUT2D eigenvalue weighted by molar-refractivity contribution is 0.575. The number of benzene rings is 2. The number of fused-ring (bicyclic) bond motifs is 3. The van der Waals surface area contributed by atoms with E-state index in [0.29, 0.717) is 0 Å². The Kier molecular flexibility index (Phi) is 5.91. The summed E-state index contributed by atoms with van der Waals surface area (Å²) in [5, 5.41) is 0. The highest BCUT2D eigenvalue weighted by molar-refractivity contribution is 5.76. The Balaban J connectivity index is 1.44. The second-order valence-corrected chi connectivity index (χ2v) is 7.05. The minimum Gasteiger partial charge on any atom is -0.0654 e. The topological polar surface area (TPSA) is 0 Å². The van der Waals surface area contributed by atoms with Crippen LogP contribution in [-0.4, -0.2) is 0 Å². The predicted octanol–water partition coefficient (Wildman–Crippen LogP) is 6.94. The molecule has 0 aromatic heterocycles. The highest BCUT2D eigenvalue weighted by atomic mass is 14.2. The van der Waals surface area contributed by atoms with Crippen molar-refractivity contribution in [2.24, 2.45) is 0 Å². The van der Waals surface area contributed by atoms with Crippen LogP contribution in [0.4, 0.5) is 0 Å². The van der Waals surface area contributed by atoms with Crippen LogP contribution in [-0.2, 0) is 12.8 Å². The Hall–Kier alpha value is -1.56. The highest BCUT2D eigenvalue weighted by Gasteiger charge is 2.17. The molecule has 0 saturated heterocycles. The van der Waals surface area contributed by atoms with Crippen molar-refractivity contribution in [3.05, 3.63) is 59.2 Å². The van der Waals surface area contributed by atoms with Gasteiger partial charge in [0.05, 0.1) is 0 Å². The van der Waals surface area contributed by atoms with Gasteiger partial charge in [0.2, 0.25) is 0 Å². The van der Waals surface area contributed by atoms with E-state index < -0.39 is 0 Å². The van der Waals surface area contributed by atoms with E-state index in [4.69, 9.17) is 0 Å². The molecule has 0 heteroatoms. The number of unbranched alkanes of at least 4 members (excludes halogenated alkanes) is 7. The van der Waals surface area contributed by atoms with Crippen LogP contribution >= 0.6 is 0 Å². The molecule has 0 atom stereocenters. The fourth-order valence-electron chi connectivity index (χ4n) is 3.82. The van der Waals surface area contributed by atoms with Gasteiger partial charge < -0.3 is 0 Å². The molecule has 0 N–H and O–H groups in total. The van der Waals surface area contributed by atoms with Crippen molar-refractivity contribution in [3.63, 3.8) is 0 Å². The standard InChI is InChI=1S/C23H30/c1-2-3-4-5-6-7-8-9-12-19-15-16-23-21(17-19)18-20-13-10-11-14-22(20)23/h10-11,13-17H,2-9,12,18H2,1H3. The quantitative estimate of drug-likeness (QED) is 0.375. The molecule has 0 spiro atoms. The Bertz CT molecular complexity index is 624. The summed E-state index contributed by atoms with van der Waals surface area (Å²) >= 11 is 0. The fraction of sp³-hybridized carbons (Fsp3) is 0.478. The molecule has 0 nitrogen and oxygen atoms in total. The second-order valence-electron chi connectivity index (χ2n) is 7.05. The van der Waals surface area contributed by atoms with Crippen molar-refractivity contribution < 1.29 is 0 Å². The molecule has 0 saturated carbocycles. The molecular weight excluding hydrogens is 276 g/mol. The van der Waals surface area contributed by atoms with E-state index in [9.17, 15) is 0 Å². The number of hydrogen-bond donors (Lipinski definition) is 0. The van der Waals surface area contributed by atoms with Gasteiger partial charge >= 0.3 is 0 Å². The van der Waals surface area contributed by atoms with Crippen LogP contribution in [0.5, 0.6) is 0 Å². The van der Waals surface area contributed by atoms with Crippen LogP contribution < -0.4 is 0 Å². The average molecular weight is 306 g/mol. The molecule has 122 valence electrons. The zero-order valence-corrected chi connectivity index (χ0v) is 14.6. The zero-order chi connectivity index (χ0) is 15.9. The van der Waals surface area contributed by atoms with Gasteiger partial charge in [-0.15, -0.1) is 0 Å². The van der Waals surface area contributed by atoms with Crippen LogP contribution in [0.15, 0.2) is 42.5 Å². The lowest BCUT2D eigenvalue weighted by atomic mass is 9.99. The van der Waals surface area contributed by atoms with E-state index in [2.05, 4.69) is 49.4 Å². The SMILES string of the molecule is CCCCCCCCCCc1ccc2c(c1)Cc1ccccc1-2. The van der Waals surface area contributed by atoms with E-state index in [1.807, 2.05) is 0 Å². The summed E-state index contributed by atoms with van der Waals surface area (Å²) in [6, 6.07) is 16.0. The normalized spacial score (nSPS) is 12.2. The Morgan fingerprint density at radius 2 is 1.39 bits per heavy atom. The molecule has 0 heterocycles. The molecule has 0 unspecified atom stereocenters. The fourth-order valence-corrected chi connectivity index (χ4v) is 3.82. The molecule has 0 fully saturated rings. The van der Waals surface area contributed by atoms with Crippen LogP contribution in [0.1, 0.15) is 75.0 Å². The first-order chi connectivity index (χ1) is 11.4. The summed E-state index contributed by atoms with van der Waals surface area (Å²) in [7, 11) is 0. The summed E-state index contributed by atoms with van der Waals surface area (Å²) in [6.45, 7) is 2.29. The molecule has 0 aliphatic heterocycles. The van der Waals surface area contributed by atoms with Gasteiger partial charge in [0.25, 0.3) is 0 Å². The van der Waals surface area contributed by atoms with Crippen LogP contribution in [0.25, 0.3) is 11.1 Å². The second kappa shape index (κ2) is 8.34. The van der Waals surface area contributed by atoms with Crippen LogP contribution in [0, 0.1) is 0 Å². The molecule has 2 aromatic carbocycles. The first kappa shape index (κ1) is 16.3. The minimum absolute atomic E-state index is 1.12. The third-order valence-electron chi connectivity index (χ3n) is 5.18. The van der Waals surface area contributed by atoms with Crippen LogP contribution in [0.2, 0.25) is 0 Å². The largest absolute Gasteiger partial charge is 0.0654 e. The maximum absolute atomic E-state index is 2.45. The van der Waals surface area contributed by atoms with Gasteiger partial charge in [-0.05, 0) is 47.1 Å². The summed E-state index contributed by atoms with van der Waals surface area (Å²) in [6.07, 6.45) is 13.6. The summed E-state index contributed by atoms with van der Waals surface area (Å²) < 4.78 is 0. The molecule has 1 aliphatic carbocycles. The van der Waals surface area contributed by atoms with Crippen molar-refractivity contribution in [2.75, 3.05) is 0 Å². The summed E-state index contributed by atoms with van der Waals surface area (Å²) in [5.74, 6) is 0. The van der Waals surface area contributed by atoms with Crippen molar-refractivity contribution in [2.45, 2.75) is 71.1 Å². The summed E-state index contributed by atoms with van der Waals surface area (Å²) in [4.78, 5) is 0. The van der Waals surface area contributed by atoms with Gasteiger partial charge in [0.1, 0.15) is 0 Å². The smallest absolute Gasteiger partial charge is 0.00134 e. The molecule has 0 radical (unpaired) electrons. The number of rotatable bonds is 9. The summed E-state index contributed by atoms with van der Waals surface area (Å²) in [5.41, 5.74) is 7.46. The molecule has 0 amide bonds. The average Bonchev–Trinajstić information content (AvgIpc) is 2.95. The molecule has 2 aromatic rings. The first-order valence-corrected chi connectivity index (χ1v) is 9.58. The van der Waals surface area contributed by atoms with Gasteiger partial charge in [-0.25, -0.2) is 0 Å². The van der Waals surface area contributed by atoms with E-state index in [1.54, 1.807) is 0 Å². The molecular formula is C23H30. The minimum atomic E-state index is 1.12. The molecule has 3 rings (SSSR count). The van der Waals surface area contributed by atoms with Gasteiger partial charge in [-0.3, -0.25) is 0 Å². The van der Waals surface area contributed by atoms with E-state index >= 15 is 0 Å². The monoisotopic (exact) mass is 306 g/mol. The predicted molar refractivity (Wildman–Crippen MR) is 101 cm³/mol. The van der Waals surface area contributed by atoms with Gasteiger partial charge in [0.15, 0.2) is 0 Å². The Morgan fingerprint density at radius 1 is 0.696 bits per heavy atom. The maximum Gasteiger partial charge on any atom is -0.00134 e. The molecule has 1 aliphatic rings. The molecule has 23 heavy (non-hydrogen) atoms. The van der Waals surface area contributed by atoms with E-state index in [1.165, 1.54) is 85.6 Å². The lowest BCUT2D eigenvalue weighted by Crippen LogP contribution is -1.89. The van der Waals surface area contributed by atoms with Crippen molar-refractivity contribution in [1.82, 2.24) is 0 Å². The lowest BCUT2D eigenvalue weighted by Gasteiger charge is -2.06. The zero-order valence-electron chi connectivity index (χ0n) is 14.6. The first-order valence-electron chi connectivity index (χ1n) is 9.58. The highest BCUT2D eigenvalue weighted by Crippen LogP contribution is 2.36. The van der Waals surface area contributed by atoms with Gasteiger partial charge in [-0.1, -0.05) is 94.3 Å². The van der Waals surface area contributed by atoms with E-state index in [-0.39, 0.29) is 0 Å². The van der Waals surface area contributed by atoms with Crippen molar-refractivity contribution >= 4 is 0 Å². The third kappa shape index (κ3) is 4.25. The Morgan fingerprint density at radius 3 is 2.22 bits per heavy atom. The van der Waals surface area contributed by atoms with E-state index in [0.717, 1.165) is 6.42 Å². The van der Waals surface area contributed by atoms with Crippen molar-refractivity contribution in [1.29, 1.82) is 0 Å². The van der Waals surface area contributed by atoms with Gasteiger partial charge in [-0.2, -0.15) is 0 Å². The maximum atomic E-state index is 2.45. The van der Waals surface area contributed by atoms with Gasteiger partial charge in [0, 0.05) is 0 Å². The molecule has 0 bridgehead atoms. The van der Waals surface area contributed by atoms with Crippen molar-refractivity contribution in [3.8, 4) is 11.1 Å².